The zero-order valence-corrected chi connectivity index (χ0v) is 5.92. The topological polar surface area (TPSA) is 45.4 Å². The molecule has 56 valence electrons. The van der Waals surface area contributed by atoms with Crippen molar-refractivity contribution in [3.8, 4) is 0 Å². The van der Waals surface area contributed by atoms with E-state index in [1.807, 2.05) is 19.1 Å². The molecule has 0 saturated carbocycles. The Balaban J connectivity index is 2.42. The molecule has 0 atom stereocenters. The number of furan rings is 1. The molecule has 1 aromatic rings. The van der Waals surface area contributed by atoms with Gasteiger partial charge in [-0.05, 0) is 19.1 Å². The monoisotopic (exact) mass is 141 g/mol. The molecular formula is C7H11NO2. The van der Waals surface area contributed by atoms with Gasteiger partial charge < -0.3 is 9.52 Å². The van der Waals surface area contributed by atoms with E-state index in [1.54, 1.807) is 0 Å². The summed E-state index contributed by atoms with van der Waals surface area (Å²) in [5.41, 5.74) is 0. The van der Waals surface area contributed by atoms with Gasteiger partial charge >= 0.3 is 0 Å². The van der Waals surface area contributed by atoms with E-state index >= 15 is 0 Å². The van der Waals surface area contributed by atoms with Gasteiger partial charge in [0, 0.05) is 0 Å². The van der Waals surface area contributed by atoms with Crippen LogP contribution in [0.25, 0.3) is 0 Å². The van der Waals surface area contributed by atoms with Gasteiger partial charge in [0.2, 0.25) is 0 Å². The van der Waals surface area contributed by atoms with E-state index in [0.29, 0.717) is 6.54 Å². The summed E-state index contributed by atoms with van der Waals surface area (Å²) in [5, 5.41) is 11.1. The zero-order valence-electron chi connectivity index (χ0n) is 5.92. The van der Waals surface area contributed by atoms with Gasteiger partial charge in [0.15, 0.2) is 0 Å². The summed E-state index contributed by atoms with van der Waals surface area (Å²) in [6.07, 6.45) is 0. The third-order valence-corrected chi connectivity index (χ3v) is 1.21. The molecular weight excluding hydrogens is 130 g/mol. The maximum absolute atomic E-state index is 8.38. The second kappa shape index (κ2) is 3.39. The van der Waals surface area contributed by atoms with Crippen molar-refractivity contribution in [1.29, 1.82) is 0 Å². The van der Waals surface area contributed by atoms with Crippen LogP contribution >= 0.6 is 0 Å². The Hall–Kier alpha value is -0.800. The molecule has 0 amide bonds. The average molecular weight is 141 g/mol. The Morgan fingerprint density at radius 3 is 2.90 bits per heavy atom. The zero-order chi connectivity index (χ0) is 7.40. The first kappa shape index (κ1) is 7.31. The lowest BCUT2D eigenvalue weighted by molar-refractivity contribution is 0.253. The van der Waals surface area contributed by atoms with Crippen LogP contribution in [0.2, 0.25) is 0 Å². The van der Waals surface area contributed by atoms with Crippen LogP contribution in [0, 0.1) is 6.92 Å². The fourth-order valence-corrected chi connectivity index (χ4v) is 0.759. The second-order valence-electron chi connectivity index (χ2n) is 2.10. The first-order valence-corrected chi connectivity index (χ1v) is 3.20. The summed E-state index contributed by atoms with van der Waals surface area (Å²) in [6, 6.07) is 3.78. The van der Waals surface area contributed by atoms with Gasteiger partial charge in [-0.3, -0.25) is 5.32 Å². The molecule has 0 aromatic carbocycles. The van der Waals surface area contributed by atoms with Crippen molar-refractivity contribution in [1.82, 2.24) is 5.32 Å². The Labute approximate surface area is 59.7 Å². The first-order chi connectivity index (χ1) is 4.83. The normalized spacial score (nSPS) is 10.2. The van der Waals surface area contributed by atoms with E-state index in [2.05, 4.69) is 5.32 Å². The van der Waals surface area contributed by atoms with E-state index in [9.17, 15) is 0 Å². The minimum atomic E-state index is -0.0141. The van der Waals surface area contributed by atoms with E-state index in [-0.39, 0.29) is 6.73 Å². The highest BCUT2D eigenvalue weighted by Crippen LogP contribution is 2.04. The molecule has 0 spiro atoms. The summed E-state index contributed by atoms with van der Waals surface area (Å²) in [5.74, 6) is 1.75. The smallest absolute Gasteiger partial charge is 0.118 e. The van der Waals surface area contributed by atoms with E-state index < -0.39 is 0 Å². The molecule has 10 heavy (non-hydrogen) atoms. The molecule has 1 aromatic heterocycles. The summed E-state index contributed by atoms with van der Waals surface area (Å²) < 4.78 is 5.21. The lowest BCUT2D eigenvalue weighted by Gasteiger charge is -1.94. The predicted octanol–water partition coefficient (Wildman–Crippen LogP) is 0.627. The van der Waals surface area contributed by atoms with Crippen molar-refractivity contribution in [2.75, 3.05) is 6.73 Å². The summed E-state index contributed by atoms with van der Waals surface area (Å²) in [7, 11) is 0. The Kier molecular flexibility index (Phi) is 2.48. The van der Waals surface area contributed by atoms with Gasteiger partial charge in [-0.15, -0.1) is 0 Å². The number of aliphatic hydroxyl groups excluding tert-OH is 1. The fourth-order valence-electron chi connectivity index (χ4n) is 0.759. The Morgan fingerprint density at radius 1 is 1.60 bits per heavy atom. The molecule has 0 aliphatic carbocycles. The predicted molar refractivity (Wildman–Crippen MR) is 37.4 cm³/mol. The van der Waals surface area contributed by atoms with Gasteiger partial charge in [0.05, 0.1) is 13.3 Å². The number of hydrogen-bond acceptors (Lipinski definition) is 3. The largest absolute Gasteiger partial charge is 0.465 e. The van der Waals surface area contributed by atoms with Crippen LogP contribution in [-0.2, 0) is 6.54 Å². The molecule has 0 unspecified atom stereocenters. The molecule has 0 aliphatic heterocycles. The van der Waals surface area contributed by atoms with Gasteiger partial charge in [0.25, 0.3) is 0 Å². The van der Waals surface area contributed by atoms with Crippen LogP contribution in [0.5, 0.6) is 0 Å². The van der Waals surface area contributed by atoms with Crippen LogP contribution in [-0.4, -0.2) is 11.8 Å². The molecule has 0 aliphatic rings. The molecule has 3 heteroatoms. The third kappa shape index (κ3) is 1.86. The third-order valence-electron chi connectivity index (χ3n) is 1.21. The number of hydrogen-bond donors (Lipinski definition) is 2. The molecule has 2 N–H and O–H groups in total. The van der Waals surface area contributed by atoms with Crippen molar-refractivity contribution in [2.24, 2.45) is 0 Å². The van der Waals surface area contributed by atoms with E-state index in [1.165, 1.54) is 0 Å². The van der Waals surface area contributed by atoms with E-state index in [0.717, 1.165) is 11.5 Å². The standard InChI is InChI=1S/C7H11NO2/c1-6-2-3-7(10-6)4-8-5-9/h2-3,8-9H,4-5H2,1H3. The first-order valence-electron chi connectivity index (χ1n) is 3.20. The lowest BCUT2D eigenvalue weighted by Crippen LogP contribution is -2.12. The van der Waals surface area contributed by atoms with Crippen LogP contribution in [0.3, 0.4) is 0 Å². The van der Waals surface area contributed by atoms with Gasteiger partial charge in [-0.2, -0.15) is 0 Å². The number of aryl methyl sites for hydroxylation is 1. The van der Waals surface area contributed by atoms with Gasteiger partial charge in [0.1, 0.15) is 11.5 Å². The highest BCUT2D eigenvalue weighted by molar-refractivity contribution is 5.04. The fraction of sp³-hybridized carbons (Fsp3) is 0.429. The van der Waals surface area contributed by atoms with Crippen molar-refractivity contribution in [3.63, 3.8) is 0 Å². The quantitative estimate of drug-likeness (QED) is 0.607. The van der Waals surface area contributed by atoms with Crippen LogP contribution in [0.1, 0.15) is 11.5 Å². The SMILES string of the molecule is Cc1ccc(CNCO)o1. The minimum Gasteiger partial charge on any atom is -0.465 e. The molecule has 1 heterocycles. The second-order valence-corrected chi connectivity index (χ2v) is 2.10. The van der Waals surface area contributed by atoms with Crippen molar-refractivity contribution < 1.29 is 9.52 Å². The highest BCUT2D eigenvalue weighted by atomic mass is 16.3. The van der Waals surface area contributed by atoms with Gasteiger partial charge in [-0.1, -0.05) is 0 Å². The molecule has 0 fully saturated rings. The maximum atomic E-state index is 8.38. The molecule has 0 bridgehead atoms. The van der Waals surface area contributed by atoms with Crippen LogP contribution < -0.4 is 5.32 Å². The number of aliphatic hydroxyl groups is 1. The lowest BCUT2D eigenvalue weighted by atomic mass is 10.4. The highest BCUT2D eigenvalue weighted by Gasteiger charge is 1.94. The molecule has 0 radical (unpaired) electrons. The summed E-state index contributed by atoms with van der Waals surface area (Å²) >= 11 is 0. The average Bonchev–Trinajstić information content (AvgIpc) is 2.31. The Bertz CT molecular complexity index is 195. The molecule has 1 rings (SSSR count). The van der Waals surface area contributed by atoms with Crippen LogP contribution in [0.4, 0.5) is 0 Å². The van der Waals surface area contributed by atoms with Crippen molar-refractivity contribution in [3.05, 3.63) is 23.7 Å². The van der Waals surface area contributed by atoms with Gasteiger partial charge in [-0.25, -0.2) is 0 Å². The maximum Gasteiger partial charge on any atom is 0.118 e. The molecule has 0 saturated heterocycles. The van der Waals surface area contributed by atoms with Crippen LogP contribution in [0.15, 0.2) is 16.5 Å². The van der Waals surface area contributed by atoms with Crippen molar-refractivity contribution >= 4 is 0 Å². The summed E-state index contributed by atoms with van der Waals surface area (Å²) in [6.45, 7) is 2.46. The van der Waals surface area contributed by atoms with E-state index in [4.69, 9.17) is 9.52 Å². The Morgan fingerprint density at radius 2 is 2.40 bits per heavy atom. The van der Waals surface area contributed by atoms with Crippen molar-refractivity contribution in [2.45, 2.75) is 13.5 Å². The summed E-state index contributed by atoms with van der Waals surface area (Å²) in [4.78, 5) is 0. The number of rotatable bonds is 3. The molecule has 3 nitrogen and oxygen atoms in total. The number of nitrogens with one attached hydrogen (secondary N) is 1. The minimum absolute atomic E-state index is 0.0141.